The van der Waals surface area contributed by atoms with E-state index < -0.39 is 21.3 Å². The van der Waals surface area contributed by atoms with Crippen molar-refractivity contribution in [3.63, 3.8) is 0 Å². The summed E-state index contributed by atoms with van der Waals surface area (Å²) in [4.78, 5) is 11.8. The molecule has 0 aliphatic carbocycles. The maximum atomic E-state index is 12.7. The van der Waals surface area contributed by atoms with E-state index in [-0.39, 0.29) is 11.3 Å². The van der Waals surface area contributed by atoms with E-state index in [9.17, 15) is 13.2 Å². The zero-order chi connectivity index (χ0) is 17.9. The van der Waals surface area contributed by atoms with Crippen molar-refractivity contribution < 1.29 is 13.2 Å². The van der Waals surface area contributed by atoms with Crippen molar-refractivity contribution in [2.75, 3.05) is 0 Å². The summed E-state index contributed by atoms with van der Waals surface area (Å²) in [6.07, 6.45) is 0.190. The molecule has 25 heavy (non-hydrogen) atoms. The highest BCUT2D eigenvalue weighted by Gasteiger charge is 2.25. The van der Waals surface area contributed by atoms with Gasteiger partial charge in [0.05, 0.1) is 10.9 Å². The molecule has 0 radical (unpaired) electrons. The highest BCUT2D eigenvalue weighted by molar-refractivity contribution is 7.89. The largest absolute Gasteiger partial charge is 0.279 e. The van der Waals surface area contributed by atoms with Crippen LogP contribution >= 0.6 is 11.6 Å². The summed E-state index contributed by atoms with van der Waals surface area (Å²) >= 11 is 5.62. The van der Waals surface area contributed by atoms with Crippen LogP contribution in [0.2, 0.25) is 0 Å². The van der Waals surface area contributed by atoms with E-state index in [2.05, 4.69) is 4.72 Å². The molecule has 3 aromatic carbocycles. The summed E-state index contributed by atoms with van der Waals surface area (Å²) in [5.41, 5.74) is 0.822. The van der Waals surface area contributed by atoms with Gasteiger partial charge in [0.1, 0.15) is 0 Å². The number of nitrogens with one attached hydrogen (secondary N) is 1. The number of carbonyl (C=O) groups excluding carboxylic acids is 1. The maximum Gasteiger partial charge on any atom is 0.241 e. The molecule has 0 heterocycles. The molecule has 1 unspecified atom stereocenters. The van der Waals surface area contributed by atoms with Crippen LogP contribution in [-0.4, -0.2) is 19.7 Å². The molecule has 0 amide bonds. The first kappa shape index (κ1) is 17.6. The first-order valence-corrected chi connectivity index (χ1v) is 9.56. The Balaban J connectivity index is 1.87. The Hall–Kier alpha value is -2.21. The van der Waals surface area contributed by atoms with E-state index in [1.165, 1.54) is 6.07 Å². The molecule has 1 atom stereocenters. The van der Waals surface area contributed by atoms with Crippen LogP contribution in [0.25, 0.3) is 10.8 Å². The molecule has 0 aliphatic heterocycles. The maximum absolute atomic E-state index is 12.7. The van der Waals surface area contributed by atoms with Crippen LogP contribution in [0.3, 0.4) is 0 Å². The van der Waals surface area contributed by atoms with Crippen molar-refractivity contribution in [1.29, 1.82) is 0 Å². The lowest BCUT2D eigenvalue weighted by Gasteiger charge is -2.15. The molecule has 3 rings (SSSR count). The molecule has 6 heteroatoms. The Morgan fingerprint density at radius 3 is 2.24 bits per heavy atom. The van der Waals surface area contributed by atoms with Crippen LogP contribution in [-0.2, 0) is 21.2 Å². The summed E-state index contributed by atoms with van der Waals surface area (Å²) in [7, 11) is -3.87. The molecule has 0 bridgehead atoms. The fourth-order valence-electron chi connectivity index (χ4n) is 2.61. The number of hydrogen-bond acceptors (Lipinski definition) is 3. The second-order valence-corrected chi connectivity index (χ2v) is 7.76. The van der Waals surface area contributed by atoms with Crippen molar-refractivity contribution >= 4 is 37.6 Å². The zero-order valence-corrected chi connectivity index (χ0v) is 14.8. The van der Waals surface area contributed by atoms with Gasteiger partial charge in [0.15, 0.2) is 0 Å². The molecular formula is C19H16ClNO3S. The summed E-state index contributed by atoms with van der Waals surface area (Å²) in [6.45, 7) is 0. The van der Waals surface area contributed by atoms with Crippen molar-refractivity contribution in [3.05, 3.63) is 78.4 Å². The van der Waals surface area contributed by atoms with Crippen molar-refractivity contribution in [3.8, 4) is 0 Å². The van der Waals surface area contributed by atoms with Crippen LogP contribution < -0.4 is 4.72 Å². The second kappa shape index (κ2) is 7.35. The highest BCUT2D eigenvalue weighted by atomic mass is 35.5. The van der Waals surface area contributed by atoms with Gasteiger partial charge >= 0.3 is 0 Å². The van der Waals surface area contributed by atoms with Gasteiger partial charge in [-0.15, -0.1) is 0 Å². The molecule has 0 saturated heterocycles. The van der Waals surface area contributed by atoms with E-state index >= 15 is 0 Å². The van der Waals surface area contributed by atoms with Crippen LogP contribution in [0.1, 0.15) is 5.56 Å². The fraction of sp³-hybridized carbons (Fsp3) is 0.105. The third-order valence-corrected chi connectivity index (χ3v) is 5.62. The Bertz CT molecular complexity index is 1000. The monoisotopic (exact) mass is 373 g/mol. The SMILES string of the molecule is O=C(Cl)C(Cc1ccccc1)NS(=O)(=O)c1ccc2ccccc2c1. The van der Waals surface area contributed by atoms with Gasteiger partial charge in [-0.2, -0.15) is 4.72 Å². The highest BCUT2D eigenvalue weighted by Crippen LogP contribution is 2.19. The van der Waals surface area contributed by atoms with E-state index in [0.29, 0.717) is 0 Å². The van der Waals surface area contributed by atoms with E-state index in [4.69, 9.17) is 11.6 Å². The number of carbonyl (C=O) groups is 1. The predicted octanol–water partition coefficient (Wildman–Crippen LogP) is 3.49. The molecule has 0 fully saturated rings. The number of benzene rings is 3. The van der Waals surface area contributed by atoms with Crippen LogP contribution in [0.4, 0.5) is 0 Å². The lowest BCUT2D eigenvalue weighted by Crippen LogP contribution is -2.40. The Labute approximate surface area is 151 Å². The number of fused-ring (bicyclic) bond motifs is 1. The van der Waals surface area contributed by atoms with Gasteiger partial charge in [-0.1, -0.05) is 60.7 Å². The molecule has 0 aliphatic rings. The first-order valence-electron chi connectivity index (χ1n) is 7.70. The summed E-state index contributed by atoms with van der Waals surface area (Å²) in [5, 5.41) is 1.01. The van der Waals surface area contributed by atoms with Gasteiger partial charge in [-0.3, -0.25) is 4.79 Å². The minimum Gasteiger partial charge on any atom is -0.279 e. The molecule has 0 saturated carbocycles. The smallest absolute Gasteiger partial charge is 0.241 e. The Morgan fingerprint density at radius 2 is 1.56 bits per heavy atom. The average Bonchev–Trinajstić information content (AvgIpc) is 2.61. The van der Waals surface area contributed by atoms with Crippen molar-refractivity contribution in [1.82, 2.24) is 4.72 Å². The van der Waals surface area contributed by atoms with Crippen molar-refractivity contribution in [2.24, 2.45) is 0 Å². The standard InChI is InChI=1S/C19H16ClNO3S/c20-19(22)18(12-14-6-2-1-3-7-14)21-25(23,24)17-11-10-15-8-4-5-9-16(15)13-17/h1-11,13,18,21H,12H2. The quantitative estimate of drug-likeness (QED) is 0.673. The molecular weight excluding hydrogens is 358 g/mol. The van der Waals surface area contributed by atoms with Gasteiger partial charge in [-0.25, -0.2) is 8.42 Å². The van der Waals surface area contributed by atoms with Gasteiger partial charge in [0.25, 0.3) is 0 Å². The second-order valence-electron chi connectivity index (χ2n) is 5.68. The summed E-state index contributed by atoms with van der Waals surface area (Å²) < 4.78 is 27.7. The predicted molar refractivity (Wildman–Crippen MR) is 99.1 cm³/mol. The number of sulfonamides is 1. The van der Waals surface area contributed by atoms with E-state index in [1.54, 1.807) is 12.1 Å². The van der Waals surface area contributed by atoms with E-state index in [0.717, 1.165) is 16.3 Å². The van der Waals surface area contributed by atoms with Gasteiger partial charge < -0.3 is 0 Å². The minimum atomic E-state index is -3.87. The van der Waals surface area contributed by atoms with Gasteiger partial charge in [0, 0.05) is 0 Å². The number of rotatable bonds is 6. The topological polar surface area (TPSA) is 63.2 Å². The molecule has 1 N–H and O–H groups in total. The van der Waals surface area contributed by atoms with Crippen LogP contribution in [0, 0.1) is 0 Å². The number of hydrogen-bond donors (Lipinski definition) is 1. The minimum absolute atomic E-state index is 0.0992. The third kappa shape index (κ3) is 4.25. The average molecular weight is 374 g/mol. The zero-order valence-electron chi connectivity index (χ0n) is 13.2. The third-order valence-electron chi connectivity index (χ3n) is 3.89. The van der Waals surface area contributed by atoms with E-state index in [1.807, 2.05) is 54.6 Å². The lowest BCUT2D eigenvalue weighted by molar-refractivity contribution is -0.113. The summed E-state index contributed by atoms with van der Waals surface area (Å²) in [5.74, 6) is 0. The molecule has 0 aromatic heterocycles. The Kier molecular flexibility index (Phi) is 5.18. The van der Waals surface area contributed by atoms with Crippen molar-refractivity contribution in [2.45, 2.75) is 17.4 Å². The molecule has 4 nitrogen and oxygen atoms in total. The summed E-state index contributed by atoms with van der Waals surface area (Å²) in [6, 6.07) is 20.4. The first-order chi connectivity index (χ1) is 12.0. The molecule has 0 spiro atoms. The lowest BCUT2D eigenvalue weighted by atomic mass is 10.1. The fourth-order valence-corrected chi connectivity index (χ4v) is 4.03. The Morgan fingerprint density at radius 1 is 0.920 bits per heavy atom. The van der Waals surface area contributed by atoms with Crippen LogP contribution in [0.5, 0.6) is 0 Å². The van der Waals surface area contributed by atoms with Gasteiger partial charge in [-0.05, 0) is 46.5 Å². The van der Waals surface area contributed by atoms with Gasteiger partial charge in [0.2, 0.25) is 15.3 Å². The molecule has 3 aromatic rings. The molecule has 128 valence electrons. The normalized spacial score (nSPS) is 12.8. The van der Waals surface area contributed by atoms with Crippen LogP contribution in [0.15, 0.2) is 77.7 Å². The number of halogens is 1.